The summed E-state index contributed by atoms with van der Waals surface area (Å²) in [7, 11) is 0. The highest BCUT2D eigenvalue weighted by Gasteiger charge is 2.36. The molecule has 2 rings (SSSR count). The van der Waals surface area contributed by atoms with Crippen LogP contribution in [-0.4, -0.2) is 12.6 Å². The highest BCUT2D eigenvalue weighted by Crippen LogP contribution is 2.41. The Morgan fingerprint density at radius 1 is 1.37 bits per heavy atom. The van der Waals surface area contributed by atoms with Gasteiger partial charge in [0.25, 0.3) is 0 Å². The maximum absolute atomic E-state index is 14.0. The zero-order chi connectivity index (χ0) is 13.9. The fourth-order valence-corrected chi connectivity index (χ4v) is 3.41. The van der Waals surface area contributed by atoms with Crippen LogP contribution in [0.1, 0.15) is 45.1 Å². The van der Waals surface area contributed by atoms with E-state index in [0.29, 0.717) is 16.5 Å². The molecular weight excluding hydrogens is 261 g/mol. The van der Waals surface area contributed by atoms with E-state index in [1.54, 1.807) is 6.07 Å². The van der Waals surface area contributed by atoms with Crippen LogP contribution in [0, 0.1) is 11.2 Å². The van der Waals surface area contributed by atoms with Crippen LogP contribution < -0.4 is 5.32 Å². The summed E-state index contributed by atoms with van der Waals surface area (Å²) in [5.41, 5.74) is 1.06. The molecule has 0 aromatic heterocycles. The first kappa shape index (κ1) is 14.8. The van der Waals surface area contributed by atoms with Crippen molar-refractivity contribution in [3.63, 3.8) is 0 Å². The first-order valence-corrected chi connectivity index (χ1v) is 7.60. The van der Waals surface area contributed by atoms with Crippen molar-refractivity contribution in [2.45, 2.75) is 52.0 Å². The molecule has 1 aromatic rings. The van der Waals surface area contributed by atoms with Gasteiger partial charge in [-0.2, -0.15) is 0 Å². The van der Waals surface area contributed by atoms with Gasteiger partial charge in [0.05, 0.1) is 0 Å². The summed E-state index contributed by atoms with van der Waals surface area (Å²) in [5, 5.41) is 4.02. The number of hydrogen-bond donors (Lipinski definition) is 1. The van der Waals surface area contributed by atoms with Crippen LogP contribution in [0.2, 0.25) is 5.02 Å². The van der Waals surface area contributed by atoms with Gasteiger partial charge in [-0.15, -0.1) is 0 Å². The van der Waals surface area contributed by atoms with Gasteiger partial charge in [0.2, 0.25) is 0 Å². The van der Waals surface area contributed by atoms with E-state index in [9.17, 15) is 4.39 Å². The van der Waals surface area contributed by atoms with E-state index in [0.717, 1.165) is 18.5 Å². The van der Waals surface area contributed by atoms with Gasteiger partial charge in [0.15, 0.2) is 0 Å². The number of halogens is 2. The monoisotopic (exact) mass is 283 g/mol. The van der Waals surface area contributed by atoms with Crippen LogP contribution in [0.4, 0.5) is 4.39 Å². The fourth-order valence-electron chi connectivity index (χ4n) is 3.25. The number of benzene rings is 1. The maximum atomic E-state index is 14.0. The maximum Gasteiger partial charge on any atom is 0.127 e. The lowest BCUT2D eigenvalue weighted by molar-refractivity contribution is 0.220. The summed E-state index contributed by atoms with van der Waals surface area (Å²) in [6.07, 6.45) is 5.80. The molecule has 3 heteroatoms. The van der Waals surface area contributed by atoms with Crippen molar-refractivity contribution in [1.29, 1.82) is 0 Å². The van der Waals surface area contributed by atoms with E-state index in [1.165, 1.54) is 31.7 Å². The van der Waals surface area contributed by atoms with E-state index in [-0.39, 0.29) is 5.82 Å². The molecule has 1 aromatic carbocycles. The zero-order valence-electron chi connectivity index (χ0n) is 11.8. The Morgan fingerprint density at radius 3 is 2.63 bits per heavy atom. The molecule has 1 atom stereocenters. The number of likely N-dealkylation sites (N-methyl/N-ethyl adjacent to an activating group) is 1. The lowest BCUT2D eigenvalue weighted by Crippen LogP contribution is -2.43. The Bertz CT molecular complexity index is 427. The van der Waals surface area contributed by atoms with Gasteiger partial charge in [-0.3, -0.25) is 0 Å². The van der Waals surface area contributed by atoms with Crippen LogP contribution >= 0.6 is 11.6 Å². The van der Waals surface area contributed by atoms with Crippen molar-refractivity contribution in [3.05, 3.63) is 34.6 Å². The first-order valence-electron chi connectivity index (χ1n) is 7.22. The summed E-state index contributed by atoms with van der Waals surface area (Å²) in [4.78, 5) is 0. The summed E-state index contributed by atoms with van der Waals surface area (Å²) in [6, 6.07) is 5.35. The Labute approximate surface area is 120 Å². The second kappa shape index (κ2) is 6.23. The molecule has 1 N–H and O–H groups in total. The SMILES string of the molecule is CCNC(Cc1ccc(Cl)cc1F)C1(C)CCCC1. The second-order valence-electron chi connectivity index (χ2n) is 5.91. The summed E-state index contributed by atoms with van der Waals surface area (Å²) in [6.45, 7) is 5.38. The van der Waals surface area contributed by atoms with Crippen molar-refractivity contribution in [2.24, 2.45) is 5.41 Å². The molecule has 19 heavy (non-hydrogen) atoms. The van der Waals surface area contributed by atoms with Gasteiger partial charge in [0.1, 0.15) is 5.82 Å². The Balaban J connectivity index is 2.16. The van der Waals surface area contributed by atoms with Crippen LogP contribution in [0.15, 0.2) is 18.2 Å². The smallest absolute Gasteiger partial charge is 0.127 e. The predicted octanol–water partition coefficient (Wildman–Crippen LogP) is 4.58. The lowest BCUT2D eigenvalue weighted by Gasteiger charge is -2.35. The van der Waals surface area contributed by atoms with Gasteiger partial charge < -0.3 is 5.32 Å². The van der Waals surface area contributed by atoms with Crippen molar-refractivity contribution in [3.8, 4) is 0 Å². The van der Waals surface area contributed by atoms with E-state index in [1.807, 2.05) is 6.07 Å². The number of hydrogen-bond acceptors (Lipinski definition) is 1. The molecule has 1 nitrogen and oxygen atoms in total. The summed E-state index contributed by atoms with van der Waals surface area (Å²) < 4.78 is 14.0. The molecular formula is C16H23ClFN. The second-order valence-corrected chi connectivity index (χ2v) is 6.35. The van der Waals surface area contributed by atoms with Gasteiger partial charge in [0, 0.05) is 11.1 Å². The average molecular weight is 284 g/mol. The summed E-state index contributed by atoms with van der Waals surface area (Å²) in [5.74, 6) is -0.183. The molecule has 0 saturated heterocycles. The molecule has 0 heterocycles. The third kappa shape index (κ3) is 3.49. The van der Waals surface area contributed by atoms with Crippen LogP contribution in [-0.2, 0) is 6.42 Å². The van der Waals surface area contributed by atoms with Crippen LogP contribution in [0.3, 0.4) is 0 Å². The first-order chi connectivity index (χ1) is 9.05. The van der Waals surface area contributed by atoms with Crippen molar-refractivity contribution in [2.75, 3.05) is 6.54 Å². The minimum Gasteiger partial charge on any atom is -0.313 e. The highest BCUT2D eigenvalue weighted by atomic mass is 35.5. The van der Waals surface area contributed by atoms with Gasteiger partial charge in [-0.1, -0.05) is 44.4 Å². The van der Waals surface area contributed by atoms with Gasteiger partial charge >= 0.3 is 0 Å². The molecule has 0 spiro atoms. The van der Waals surface area contributed by atoms with E-state index < -0.39 is 0 Å². The minimum atomic E-state index is -0.183. The largest absolute Gasteiger partial charge is 0.313 e. The lowest BCUT2D eigenvalue weighted by atomic mass is 9.77. The Kier molecular flexibility index (Phi) is 4.86. The van der Waals surface area contributed by atoms with E-state index in [4.69, 9.17) is 11.6 Å². The number of rotatable bonds is 5. The molecule has 0 amide bonds. The van der Waals surface area contributed by atoms with Gasteiger partial charge in [-0.25, -0.2) is 4.39 Å². The third-order valence-electron chi connectivity index (χ3n) is 4.48. The molecule has 0 radical (unpaired) electrons. The Morgan fingerprint density at radius 2 is 2.05 bits per heavy atom. The Hall–Kier alpha value is -0.600. The van der Waals surface area contributed by atoms with Crippen molar-refractivity contribution < 1.29 is 4.39 Å². The van der Waals surface area contributed by atoms with Crippen molar-refractivity contribution in [1.82, 2.24) is 5.32 Å². The quantitative estimate of drug-likeness (QED) is 0.834. The normalized spacial score (nSPS) is 19.6. The number of nitrogens with one attached hydrogen (secondary N) is 1. The fraction of sp³-hybridized carbons (Fsp3) is 0.625. The van der Waals surface area contributed by atoms with Gasteiger partial charge in [-0.05, 0) is 48.9 Å². The van der Waals surface area contributed by atoms with Crippen molar-refractivity contribution >= 4 is 11.6 Å². The topological polar surface area (TPSA) is 12.0 Å². The zero-order valence-corrected chi connectivity index (χ0v) is 12.6. The summed E-state index contributed by atoms with van der Waals surface area (Å²) >= 11 is 5.81. The standard InChI is InChI=1S/C16H23ClFN/c1-3-19-15(16(2)8-4-5-9-16)10-12-6-7-13(17)11-14(12)18/h6-7,11,15,19H,3-5,8-10H2,1-2H3. The van der Waals surface area contributed by atoms with Crippen LogP contribution in [0.5, 0.6) is 0 Å². The average Bonchev–Trinajstić information content (AvgIpc) is 2.80. The molecule has 1 fully saturated rings. The molecule has 0 aliphatic heterocycles. The van der Waals surface area contributed by atoms with E-state index in [2.05, 4.69) is 19.2 Å². The molecule has 106 valence electrons. The highest BCUT2D eigenvalue weighted by molar-refractivity contribution is 6.30. The van der Waals surface area contributed by atoms with E-state index >= 15 is 0 Å². The molecule has 1 aliphatic carbocycles. The molecule has 1 saturated carbocycles. The predicted molar refractivity (Wildman–Crippen MR) is 79.2 cm³/mol. The molecule has 0 bridgehead atoms. The minimum absolute atomic E-state index is 0.183. The van der Waals surface area contributed by atoms with Crippen LogP contribution in [0.25, 0.3) is 0 Å². The molecule has 1 unspecified atom stereocenters. The molecule has 1 aliphatic rings. The third-order valence-corrected chi connectivity index (χ3v) is 4.71.